The molecule has 3 unspecified atom stereocenters. The first-order chi connectivity index (χ1) is 13.7. The molecule has 29 heavy (non-hydrogen) atoms. The van der Waals surface area contributed by atoms with Crippen LogP contribution < -0.4 is 0 Å². The van der Waals surface area contributed by atoms with Gasteiger partial charge in [-0.2, -0.15) is 0 Å². The molecule has 0 saturated heterocycles. The minimum Gasteiger partial charge on any atom is -0.393 e. The SMILES string of the molecule is CC(C)=CCC(C)CCCC(O)CCCC1(O)C=C(CO)[C@H]2CC(=O)C(C)=C[C@H]21. The number of carbonyl (C=O) groups excluding carboxylic acids is 1. The van der Waals surface area contributed by atoms with Crippen LogP contribution in [0, 0.1) is 17.8 Å². The predicted octanol–water partition coefficient (Wildman–Crippen LogP) is 4.50. The molecule has 0 aromatic heterocycles. The number of ketones is 1. The summed E-state index contributed by atoms with van der Waals surface area (Å²) in [6.45, 7) is 8.19. The van der Waals surface area contributed by atoms with Crippen molar-refractivity contribution in [1.82, 2.24) is 0 Å². The molecular formula is C25H40O4. The molecule has 0 fully saturated rings. The summed E-state index contributed by atoms with van der Waals surface area (Å²) in [5.74, 6) is 0.507. The highest BCUT2D eigenvalue weighted by Gasteiger charge is 2.47. The Labute approximate surface area is 176 Å². The largest absolute Gasteiger partial charge is 0.393 e. The fraction of sp³-hybridized carbons (Fsp3) is 0.720. The third-order valence-corrected chi connectivity index (χ3v) is 6.66. The van der Waals surface area contributed by atoms with Crippen LogP contribution in [-0.4, -0.2) is 39.4 Å². The number of rotatable bonds is 11. The van der Waals surface area contributed by atoms with Crippen molar-refractivity contribution >= 4 is 5.78 Å². The Morgan fingerprint density at radius 2 is 1.97 bits per heavy atom. The topological polar surface area (TPSA) is 77.8 Å². The number of hydrogen-bond acceptors (Lipinski definition) is 4. The van der Waals surface area contributed by atoms with Gasteiger partial charge in [0, 0.05) is 12.3 Å². The molecule has 0 aliphatic heterocycles. The van der Waals surface area contributed by atoms with E-state index in [0.717, 1.165) is 37.7 Å². The third kappa shape index (κ3) is 6.63. The van der Waals surface area contributed by atoms with Crippen molar-refractivity contribution in [1.29, 1.82) is 0 Å². The van der Waals surface area contributed by atoms with Crippen molar-refractivity contribution in [2.24, 2.45) is 17.8 Å². The average Bonchev–Trinajstić information content (AvgIpc) is 2.92. The zero-order valence-electron chi connectivity index (χ0n) is 18.7. The van der Waals surface area contributed by atoms with E-state index < -0.39 is 5.60 Å². The fourth-order valence-electron chi connectivity index (χ4n) is 4.77. The summed E-state index contributed by atoms with van der Waals surface area (Å²) in [6, 6.07) is 0. The van der Waals surface area contributed by atoms with Crippen molar-refractivity contribution in [3.8, 4) is 0 Å². The molecule has 0 heterocycles. The van der Waals surface area contributed by atoms with Gasteiger partial charge in [-0.05, 0) is 75.9 Å². The van der Waals surface area contributed by atoms with Crippen molar-refractivity contribution in [2.75, 3.05) is 6.61 Å². The van der Waals surface area contributed by atoms with Gasteiger partial charge >= 0.3 is 0 Å². The maximum atomic E-state index is 12.0. The molecule has 4 heteroatoms. The highest BCUT2D eigenvalue weighted by Crippen LogP contribution is 2.47. The maximum absolute atomic E-state index is 12.0. The molecule has 0 radical (unpaired) electrons. The first-order valence-electron chi connectivity index (χ1n) is 11.2. The van der Waals surface area contributed by atoms with Crippen molar-refractivity contribution in [3.05, 3.63) is 34.9 Å². The number of aliphatic hydroxyl groups is 3. The number of allylic oxidation sites excluding steroid dienone is 3. The molecule has 2 rings (SSSR count). The zero-order chi connectivity index (χ0) is 21.6. The molecule has 0 aromatic carbocycles. The second-order valence-corrected chi connectivity index (χ2v) is 9.58. The molecule has 4 nitrogen and oxygen atoms in total. The summed E-state index contributed by atoms with van der Waals surface area (Å²) in [5, 5.41) is 31.2. The first kappa shape index (κ1) is 24.0. The van der Waals surface area contributed by atoms with Gasteiger partial charge in [0.05, 0.1) is 18.3 Å². The van der Waals surface area contributed by atoms with Gasteiger partial charge in [0.25, 0.3) is 0 Å². The predicted molar refractivity (Wildman–Crippen MR) is 117 cm³/mol. The van der Waals surface area contributed by atoms with E-state index in [1.54, 1.807) is 13.0 Å². The van der Waals surface area contributed by atoms with Gasteiger partial charge in [0.2, 0.25) is 0 Å². The number of hydrogen-bond donors (Lipinski definition) is 3. The highest BCUT2D eigenvalue weighted by atomic mass is 16.3. The summed E-state index contributed by atoms with van der Waals surface area (Å²) in [4.78, 5) is 12.0. The van der Waals surface area contributed by atoms with Gasteiger partial charge in [-0.1, -0.05) is 43.6 Å². The Morgan fingerprint density at radius 3 is 2.62 bits per heavy atom. The van der Waals surface area contributed by atoms with Gasteiger partial charge in [-0.15, -0.1) is 0 Å². The monoisotopic (exact) mass is 404 g/mol. The lowest BCUT2D eigenvalue weighted by Gasteiger charge is -2.34. The smallest absolute Gasteiger partial charge is 0.158 e. The molecule has 0 bridgehead atoms. The van der Waals surface area contributed by atoms with E-state index in [1.165, 1.54) is 5.57 Å². The van der Waals surface area contributed by atoms with Crippen molar-refractivity contribution in [3.63, 3.8) is 0 Å². The molecular weight excluding hydrogens is 364 g/mol. The van der Waals surface area contributed by atoms with Crippen LogP contribution in [0.1, 0.15) is 79.1 Å². The molecule has 0 spiro atoms. The Balaban J connectivity index is 1.79. The normalized spacial score (nSPS) is 28.4. The Bertz CT molecular complexity index is 656. The zero-order valence-corrected chi connectivity index (χ0v) is 18.7. The summed E-state index contributed by atoms with van der Waals surface area (Å²) < 4.78 is 0. The average molecular weight is 405 g/mol. The minimum atomic E-state index is -1.02. The lowest BCUT2D eigenvalue weighted by molar-refractivity contribution is -0.117. The van der Waals surface area contributed by atoms with E-state index in [0.29, 0.717) is 30.8 Å². The summed E-state index contributed by atoms with van der Waals surface area (Å²) in [6.07, 6.45) is 12.0. The number of aliphatic hydroxyl groups excluding tert-OH is 2. The van der Waals surface area contributed by atoms with E-state index in [9.17, 15) is 20.1 Å². The maximum Gasteiger partial charge on any atom is 0.158 e. The van der Waals surface area contributed by atoms with E-state index in [2.05, 4.69) is 26.8 Å². The van der Waals surface area contributed by atoms with Crippen molar-refractivity contribution < 1.29 is 20.1 Å². The number of fused-ring (bicyclic) bond motifs is 1. The van der Waals surface area contributed by atoms with Gasteiger partial charge < -0.3 is 15.3 Å². The van der Waals surface area contributed by atoms with Crippen LogP contribution >= 0.6 is 0 Å². The van der Waals surface area contributed by atoms with Crippen LogP contribution in [0.5, 0.6) is 0 Å². The second kappa shape index (κ2) is 10.7. The third-order valence-electron chi connectivity index (χ3n) is 6.66. The molecule has 3 N–H and O–H groups in total. The van der Waals surface area contributed by atoms with E-state index >= 15 is 0 Å². The molecule has 2 aliphatic carbocycles. The van der Waals surface area contributed by atoms with Gasteiger partial charge in [0.15, 0.2) is 5.78 Å². The quantitative estimate of drug-likeness (QED) is 0.443. The molecule has 0 amide bonds. The molecule has 2 aliphatic rings. The molecule has 0 aromatic rings. The summed E-state index contributed by atoms with van der Waals surface area (Å²) >= 11 is 0. The number of Topliss-reactive ketones (excluding diaryl/α,β-unsaturated/α-hetero) is 1. The van der Waals surface area contributed by atoms with Crippen LogP contribution in [0.15, 0.2) is 34.9 Å². The second-order valence-electron chi connectivity index (χ2n) is 9.58. The van der Waals surface area contributed by atoms with Crippen LogP contribution in [0.3, 0.4) is 0 Å². The summed E-state index contributed by atoms with van der Waals surface area (Å²) in [5.41, 5.74) is 1.82. The highest BCUT2D eigenvalue weighted by molar-refractivity contribution is 5.96. The summed E-state index contributed by atoms with van der Waals surface area (Å²) in [7, 11) is 0. The van der Waals surface area contributed by atoms with Crippen LogP contribution in [0.25, 0.3) is 0 Å². The molecule has 0 saturated carbocycles. The van der Waals surface area contributed by atoms with Gasteiger partial charge in [0.1, 0.15) is 0 Å². The standard InChI is InChI=1S/C25H40O4/c1-17(2)10-11-18(3)7-5-8-21(27)9-6-12-25(29)15-20(16-26)22-14-24(28)19(4)13-23(22)25/h10,13,15,18,21-23,26-27,29H,5-9,11-12,14,16H2,1-4H3/t18?,21?,22-,23-,25?/m1/s1. The van der Waals surface area contributed by atoms with Crippen LogP contribution in [0.2, 0.25) is 0 Å². The lowest BCUT2D eigenvalue weighted by Crippen LogP contribution is -2.38. The molecule has 164 valence electrons. The molecule has 5 atom stereocenters. The van der Waals surface area contributed by atoms with Crippen molar-refractivity contribution in [2.45, 2.75) is 90.8 Å². The van der Waals surface area contributed by atoms with E-state index in [4.69, 9.17) is 0 Å². The first-order valence-corrected chi connectivity index (χ1v) is 11.2. The van der Waals surface area contributed by atoms with Gasteiger partial charge in [-0.3, -0.25) is 4.79 Å². The van der Waals surface area contributed by atoms with Gasteiger partial charge in [-0.25, -0.2) is 0 Å². The van der Waals surface area contributed by atoms with Crippen LogP contribution in [-0.2, 0) is 4.79 Å². The Hall–Kier alpha value is -1.23. The van der Waals surface area contributed by atoms with E-state index in [1.807, 2.05) is 6.08 Å². The van der Waals surface area contributed by atoms with Crippen LogP contribution in [0.4, 0.5) is 0 Å². The number of carbonyl (C=O) groups is 1. The lowest BCUT2D eigenvalue weighted by atomic mass is 9.73. The van der Waals surface area contributed by atoms with E-state index in [-0.39, 0.29) is 30.3 Å². The Kier molecular flexibility index (Phi) is 8.87. The minimum absolute atomic E-state index is 0.0894. The Morgan fingerprint density at radius 1 is 1.28 bits per heavy atom. The fourth-order valence-corrected chi connectivity index (χ4v) is 4.77.